The van der Waals surface area contributed by atoms with Crippen molar-refractivity contribution in [3.05, 3.63) is 95.4 Å². The Morgan fingerprint density at radius 2 is 1.70 bits per heavy atom. The van der Waals surface area contributed by atoms with Crippen LogP contribution in [-0.4, -0.2) is 33.0 Å². The summed E-state index contributed by atoms with van der Waals surface area (Å²) in [7, 11) is 1.49. The Morgan fingerprint density at radius 3 is 2.42 bits per heavy atom. The van der Waals surface area contributed by atoms with Crippen LogP contribution in [0.5, 0.6) is 5.88 Å². The highest BCUT2D eigenvalue weighted by molar-refractivity contribution is 6.04. The first-order valence-corrected chi connectivity index (χ1v) is 12.1. The number of rotatable bonds is 6. The lowest BCUT2D eigenvalue weighted by molar-refractivity contribution is -0.137. The molecule has 202 valence electrons. The summed E-state index contributed by atoms with van der Waals surface area (Å²) >= 11 is 0. The molecule has 0 fully saturated rings. The van der Waals surface area contributed by atoms with Gasteiger partial charge < -0.3 is 15.4 Å². The third kappa shape index (κ3) is 5.68. The number of anilines is 3. The molecule has 3 heterocycles. The van der Waals surface area contributed by atoms with Crippen LogP contribution >= 0.6 is 0 Å². The second-order valence-electron chi connectivity index (χ2n) is 9.02. The number of aryl methyl sites for hydroxylation is 2. The van der Waals surface area contributed by atoms with Gasteiger partial charge in [-0.3, -0.25) is 9.78 Å². The lowest BCUT2D eigenvalue weighted by Gasteiger charge is -2.13. The number of nitrogens with one attached hydrogen (secondary N) is 2. The van der Waals surface area contributed by atoms with Gasteiger partial charge in [-0.15, -0.1) is 0 Å². The highest BCUT2D eigenvalue weighted by Gasteiger charge is 2.31. The fourth-order valence-electron chi connectivity index (χ4n) is 4.04. The first-order valence-electron chi connectivity index (χ1n) is 12.1. The largest absolute Gasteiger partial charge is 0.479 e. The molecule has 2 N–H and O–H groups in total. The molecule has 8 nitrogen and oxygen atoms in total. The van der Waals surface area contributed by atoms with Crippen molar-refractivity contribution in [3.8, 4) is 17.1 Å². The number of nitrogens with zero attached hydrogens (tertiary/aromatic N) is 4. The van der Waals surface area contributed by atoms with E-state index in [2.05, 4.69) is 30.6 Å². The van der Waals surface area contributed by atoms with Crippen LogP contribution in [0.2, 0.25) is 0 Å². The van der Waals surface area contributed by atoms with Gasteiger partial charge in [-0.05, 0) is 67.9 Å². The number of amides is 1. The van der Waals surface area contributed by atoms with Crippen molar-refractivity contribution in [1.82, 2.24) is 19.9 Å². The number of alkyl halides is 3. The molecular weight excluding hydrogens is 521 g/mol. The molecule has 0 radical (unpaired) electrons. The highest BCUT2D eigenvalue weighted by Crippen LogP contribution is 2.33. The number of hydrogen-bond acceptors (Lipinski definition) is 7. The average molecular weight is 545 g/mol. The molecule has 5 aromatic rings. The van der Waals surface area contributed by atoms with Crippen molar-refractivity contribution < 1.29 is 22.7 Å². The smallest absolute Gasteiger partial charge is 0.416 e. The molecule has 0 atom stereocenters. The second kappa shape index (κ2) is 10.6. The molecule has 0 saturated carbocycles. The predicted octanol–water partition coefficient (Wildman–Crippen LogP) is 6.73. The Labute approximate surface area is 227 Å². The van der Waals surface area contributed by atoms with Crippen molar-refractivity contribution in [2.45, 2.75) is 20.0 Å². The van der Waals surface area contributed by atoms with Gasteiger partial charge in [-0.2, -0.15) is 13.2 Å². The summed E-state index contributed by atoms with van der Waals surface area (Å²) in [5.74, 6) is -0.0403. The number of ether oxygens (including phenoxy) is 1. The molecular formula is C29H23F3N6O2. The van der Waals surface area contributed by atoms with Crippen LogP contribution in [0.25, 0.3) is 22.2 Å². The third-order valence-corrected chi connectivity index (χ3v) is 6.12. The van der Waals surface area contributed by atoms with E-state index < -0.39 is 17.6 Å². The zero-order valence-corrected chi connectivity index (χ0v) is 21.7. The minimum Gasteiger partial charge on any atom is -0.479 e. The first-order chi connectivity index (χ1) is 19.1. The molecule has 0 spiro atoms. The van der Waals surface area contributed by atoms with E-state index in [1.54, 1.807) is 36.7 Å². The quantitative estimate of drug-likeness (QED) is 0.244. The van der Waals surface area contributed by atoms with Crippen molar-refractivity contribution in [3.63, 3.8) is 0 Å². The van der Waals surface area contributed by atoms with Crippen LogP contribution in [0.15, 0.2) is 73.1 Å². The van der Waals surface area contributed by atoms with E-state index in [0.717, 1.165) is 29.1 Å². The van der Waals surface area contributed by atoms with Gasteiger partial charge in [0.25, 0.3) is 5.91 Å². The maximum atomic E-state index is 13.1. The normalized spacial score (nSPS) is 11.3. The number of aromatic nitrogens is 4. The maximum Gasteiger partial charge on any atom is 0.416 e. The van der Waals surface area contributed by atoms with Gasteiger partial charge in [-0.25, -0.2) is 15.0 Å². The summed E-state index contributed by atoms with van der Waals surface area (Å²) in [5.41, 5.74) is 3.60. The topological polar surface area (TPSA) is 102 Å². The maximum absolute atomic E-state index is 13.1. The SMILES string of the molecule is COc1nc(-c2cc(NC(=O)c3cccc(C(F)(F)F)c3)ccc2C)cc2cnc(Nc3ccc(C)nc3)nc12. The predicted molar refractivity (Wildman–Crippen MR) is 146 cm³/mol. The van der Waals surface area contributed by atoms with E-state index in [-0.39, 0.29) is 11.4 Å². The lowest BCUT2D eigenvalue weighted by atomic mass is 10.0. The van der Waals surface area contributed by atoms with Gasteiger partial charge in [-0.1, -0.05) is 12.1 Å². The van der Waals surface area contributed by atoms with Gasteiger partial charge in [0.2, 0.25) is 11.8 Å². The number of carbonyl (C=O) groups is 1. The number of fused-ring (bicyclic) bond motifs is 1. The Kier molecular flexibility index (Phi) is 7.03. The molecule has 0 aliphatic heterocycles. The van der Waals surface area contributed by atoms with Gasteiger partial charge in [0, 0.05) is 34.1 Å². The van der Waals surface area contributed by atoms with Crippen LogP contribution in [0.4, 0.5) is 30.5 Å². The van der Waals surface area contributed by atoms with Gasteiger partial charge >= 0.3 is 6.18 Å². The van der Waals surface area contributed by atoms with E-state index >= 15 is 0 Å². The van der Waals surface area contributed by atoms with Crippen LogP contribution in [0.1, 0.15) is 27.2 Å². The fourth-order valence-corrected chi connectivity index (χ4v) is 4.04. The standard InChI is InChI=1S/C29H23F3N6O2/c1-16-7-9-21(35-26(39)18-5-4-6-20(11-18)29(30,31)32)13-23(16)24-12-19-14-34-28(38-25(19)27(37-24)40-3)36-22-10-8-17(2)33-15-22/h4-15H,1-3H3,(H,35,39)(H,34,36,38). The van der Waals surface area contributed by atoms with Crippen LogP contribution in [0, 0.1) is 13.8 Å². The molecule has 1 amide bonds. The minimum atomic E-state index is -4.55. The minimum absolute atomic E-state index is 0.106. The summed E-state index contributed by atoms with van der Waals surface area (Å²) in [6.45, 7) is 3.78. The average Bonchev–Trinajstić information content (AvgIpc) is 2.94. The van der Waals surface area contributed by atoms with Crippen LogP contribution in [0.3, 0.4) is 0 Å². The Morgan fingerprint density at radius 1 is 0.900 bits per heavy atom. The van der Waals surface area contributed by atoms with Gasteiger partial charge in [0.1, 0.15) is 5.52 Å². The third-order valence-electron chi connectivity index (χ3n) is 6.12. The number of benzene rings is 2. The molecule has 0 bridgehead atoms. The van der Waals surface area contributed by atoms with Crippen LogP contribution in [-0.2, 0) is 6.18 Å². The summed E-state index contributed by atoms with van der Waals surface area (Å²) in [4.78, 5) is 30.6. The Bertz CT molecular complexity index is 1720. The fraction of sp³-hybridized carbons (Fsp3) is 0.138. The van der Waals surface area contributed by atoms with Crippen molar-refractivity contribution >= 4 is 34.1 Å². The van der Waals surface area contributed by atoms with Crippen molar-refractivity contribution in [1.29, 1.82) is 0 Å². The number of methoxy groups -OCH3 is 1. The zero-order valence-electron chi connectivity index (χ0n) is 21.7. The Balaban J connectivity index is 1.45. The molecule has 11 heteroatoms. The number of carbonyl (C=O) groups excluding carboxylic acids is 1. The highest BCUT2D eigenvalue weighted by atomic mass is 19.4. The first kappa shape index (κ1) is 26.5. The van der Waals surface area contributed by atoms with Gasteiger partial charge in [0.15, 0.2) is 0 Å². The zero-order chi connectivity index (χ0) is 28.4. The van der Waals surface area contributed by atoms with E-state index in [9.17, 15) is 18.0 Å². The van der Waals surface area contributed by atoms with E-state index in [1.165, 1.54) is 19.2 Å². The molecule has 0 aliphatic rings. The van der Waals surface area contributed by atoms with Crippen molar-refractivity contribution in [2.24, 2.45) is 0 Å². The van der Waals surface area contributed by atoms with Gasteiger partial charge in [0.05, 0.1) is 30.3 Å². The number of halogens is 3. The molecule has 0 saturated heterocycles. The number of hydrogen-bond donors (Lipinski definition) is 2. The van der Waals surface area contributed by atoms with E-state index in [1.807, 2.05) is 26.0 Å². The summed E-state index contributed by atoms with van der Waals surface area (Å²) in [6.07, 6.45) is -1.22. The molecule has 2 aromatic carbocycles. The summed E-state index contributed by atoms with van der Waals surface area (Å²) < 4.78 is 44.8. The summed E-state index contributed by atoms with van der Waals surface area (Å²) in [5, 5.41) is 6.45. The number of pyridine rings is 2. The Hall–Kier alpha value is -5.06. The lowest BCUT2D eigenvalue weighted by Crippen LogP contribution is -2.14. The molecule has 5 rings (SSSR count). The van der Waals surface area contributed by atoms with Crippen LogP contribution < -0.4 is 15.4 Å². The monoisotopic (exact) mass is 544 g/mol. The molecule has 3 aromatic heterocycles. The van der Waals surface area contributed by atoms with E-state index in [4.69, 9.17) is 4.74 Å². The molecule has 0 unspecified atom stereocenters. The molecule has 0 aliphatic carbocycles. The second-order valence-corrected chi connectivity index (χ2v) is 9.02. The molecule has 40 heavy (non-hydrogen) atoms. The van der Waals surface area contributed by atoms with Crippen molar-refractivity contribution in [2.75, 3.05) is 17.7 Å². The van der Waals surface area contributed by atoms with E-state index in [0.29, 0.717) is 33.8 Å². The summed E-state index contributed by atoms with van der Waals surface area (Å²) in [6, 6.07) is 15.0.